The fourth-order valence-corrected chi connectivity index (χ4v) is 1.09. The summed E-state index contributed by atoms with van der Waals surface area (Å²) in [5.74, 6) is -0.305. The first-order chi connectivity index (χ1) is 6.24. The van der Waals surface area contributed by atoms with Gasteiger partial charge in [-0.2, -0.15) is 0 Å². The standard InChI is InChI=1S/C9H11ClFNO/c1-13-5-4-12-9-6-7(10)2-3-8(9)11/h2-3,6,12H,4-5H2,1H3. The molecule has 0 spiro atoms. The number of anilines is 1. The lowest BCUT2D eigenvalue weighted by molar-refractivity contribution is 0.210. The van der Waals surface area contributed by atoms with Gasteiger partial charge < -0.3 is 10.1 Å². The maximum Gasteiger partial charge on any atom is 0.146 e. The fourth-order valence-electron chi connectivity index (χ4n) is 0.921. The zero-order valence-electron chi connectivity index (χ0n) is 7.31. The number of halogens is 2. The quantitative estimate of drug-likeness (QED) is 0.760. The van der Waals surface area contributed by atoms with E-state index in [0.717, 1.165) is 0 Å². The molecular formula is C9H11ClFNO. The van der Waals surface area contributed by atoms with Gasteiger partial charge in [0.25, 0.3) is 0 Å². The molecule has 0 saturated carbocycles. The topological polar surface area (TPSA) is 21.3 Å². The van der Waals surface area contributed by atoms with Crippen LogP contribution in [0.25, 0.3) is 0 Å². The van der Waals surface area contributed by atoms with Crippen LogP contribution in [0.4, 0.5) is 10.1 Å². The third-order valence-electron chi connectivity index (χ3n) is 1.55. The monoisotopic (exact) mass is 203 g/mol. The number of benzene rings is 1. The van der Waals surface area contributed by atoms with Crippen molar-refractivity contribution < 1.29 is 9.13 Å². The van der Waals surface area contributed by atoms with Gasteiger partial charge in [-0.15, -0.1) is 0 Å². The first-order valence-corrected chi connectivity index (χ1v) is 4.29. The average Bonchev–Trinajstić information content (AvgIpc) is 2.11. The van der Waals surface area contributed by atoms with Crippen LogP contribution in [0.5, 0.6) is 0 Å². The summed E-state index contributed by atoms with van der Waals surface area (Å²) in [6.45, 7) is 1.10. The molecule has 4 heteroatoms. The Morgan fingerprint density at radius 2 is 2.31 bits per heavy atom. The molecule has 1 rings (SSSR count). The molecule has 0 aromatic heterocycles. The van der Waals surface area contributed by atoms with Gasteiger partial charge in [0.05, 0.1) is 12.3 Å². The van der Waals surface area contributed by atoms with Gasteiger partial charge in [0.15, 0.2) is 0 Å². The molecule has 0 aliphatic carbocycles. The average molecular weight is 204 g/mol. The van der Waals surface area contributed by atoms with Crippen molar-refractivity contribution in [2.24, 2.45) is 0 Å². The summed E-state index contributed by atoms with van der Waals surface area (Å²) in [5, 5.41) is 3.39. The highest BCUT2D eigenvalue weighted by Crippen LogP contribution is 2.18. The highest BCUT2D eigenvalue weighted by atomic mass is 35.5. The molecular weight excluding hydrogens is 193 g/mol. The van der Waals surface area contributed by atoms with Crippen LogP contribution in [0.15, 0.2) is 18.2 Å². The molecule has 2 nitrogen and oxygen atoms in total. The number of hydrogen-bond donors (Lipinski definition) is 1. The number of nitrogens with one attached hydrogen (secondary N) is 1. The zero-order valence-corrected chi connectivity index (χ0v) is 8.07. The van der Waals surface area contributed by atoms with E-state index in [1.807, 2.05) is 0 Å². The van der Waals surface area contributed by atoms with Crippen molar-refractivity contribution in [3.05, 3.63) is 29.0 Å². The van der Waals surface area contributed by atoms with E-state index >= 15 is 0 Å². The molecule has 13 heavy (non-hydrogen) atoms. The van der Waals surface area contributed by atoms with Gasteiger partial charge in [-0.25, -0.2) is 4.39 Å². The van der Waals surface area contributed by atoms with Crippen molar-refractivity contribution in [1.82, 2.24) is 0 Å². The van der Waals surface area contributed by atoms with Crippen LogP contribution in [-0.4, -0.2) is 20.3 Å². The minimum Gasteiger partial charge on any atom is -0.383 e. The first-order valence-electron chi connectivity index (χ1n) is 3.92. The second-order valence-corrected chi connectivity index (χ2v) is 2.98. The van der Waals surface area contributed by atoms with Crippen molar-refractivity contribution in [1.29, 1.82) is 0 Å². The lowest BCUT2D eigenvalue weighted by Crippen LogP contribution is -2.08. The van der Waals surface area contributed by atoms with E-state index < -0.39 is 0 Å². The van der Waals surface area contributed by atoms with Crippen LogP contribution >= 0.6 is 11.6 Å². The molecule has 0 atom stereocenters. The van der Waals surface area contributed by atoms with Gasteiger partial charge in [-0.05, 0) is 18.2 Å². The molecule has 0 heterocycles. The van der Waals surface area contributed by atoms with E-state index in [2.05, 4.69) is 5.32 Å². The SMILES string of the molecule is COCCNc1cc(Cl)ccc1F. The first kappa shape index (κ1) is 10.3. The Balaban J connectivity index is 2.59. The summed E-state index contributed by atoms with van der Waals surface area (Å²) < 4.78 is 17.9. The van der Waals surface area contributed by atoms with Crippen molar-refractivity contribution in [2.45, 2.75) is 0 Å². The van der Waals surface area contributed by atoms with Crippen molar-refractivity contribution in [2.75, 3.05) is 25.6 Å². The summed E-state index contributed by atoms with van der Waals surface area (Å²) in [7, 11) is 1.59. The van der Waals surface area contributed by atoms with Gasteiger partial charge in [0, 0.05) is 18.7 Å². The predicted octanol–water partition coefficient (Wildman–Crippen LogP) is 2.54. The Morgan fingerprint density at radius 1 is 1.54 bits per heavy atom. The number of hydrogen-bond acceptors (Lipinski definition) is 2. The van der Waals surface area contributed by atoms with E-state index in [1.165, 1.54) is 12.1 Å². The summed E-state index contributed by atoms with van der Waals surface area (Å²) in [6, 6.07) is 4.39. The highest BCUT2D eigenvalue weighted by molar-refractivity contribution is 6.30. The predicted molar refractivity (Wildman–Crippen MR) is 51.8 cm³/mol. The molecule has 0 unspecified atom stereocenters. The van der Waals surface area contributed by atoms with Crippen LogP contribution in [-0.2, 0) is 4.74 Å². The van der Waals surface area contributed by atoms with Crippen molar-refractivity contribution in [3.8, 4) is 0 Å². The molecule has 0 aliphatic heterocycles. The van der Waals surface area contributed by atoms with E-state index in [0.29, 0.717) is 23.9 Å². The molecule has 0 aliphatic rings. The fraction of sp³-hybridized carbons (Fsp3) is 0.333. The summed E-state index contributed by atoms with van der Waals surface area (Å²) >= 11 is 5.69. The Hall–Kier alpha value is -0.800. The van der Waals surface area contributed by atoms with Gasteiger partial charge in [0.1, 0.15) is 5.82 Å². The zero-order chi connectivity index (χ0) is 9.68. The second kappa shape index (κ2) is 5.04. The maximum atomic E-state index is 13.0. The third-order valence-corrected chi connectivity index (χ3v) is 1.79. The van der Waals surface area contributed by atoms with Crippen LogP contribution in [0, 0.1) is 5.82 Å². The van der Waals surface area contributed by atoms with Gasteiger partial charge in [-0.1, -0.05) is 11.6 Å². The van der Waals surface area contributed by atoms with Gasteiger partial charge >= 0.3 is 0 Å². The molecule has 0 radical (unpaired) electrons. The minimum absolute atomic E-state index is 0.305. The van der Waals surface area contributed by atoms with Crippen LogP contribution in [0.2, 0.25) is 5.02 Å². The molecule has 72 valence electrons. The van der Waals surface area contributed by atoms with E-state index in [-0.39, 0.29) is 5.82 Å². The number of methoxy groups -OCH3 is 1. The molecule has 1 aromatic rings. The highest BCUT2D eigenvalue weighted by Gasteiger charge is 2.00. The normalized spacial score (nSPS) is 10.1. The molecule has 1 aromatic carbocycles. The summed E-state index contributed by atoms with van der Waals surface area (Å²) in [6.07, 6.45) is 0. The maximum absolute atomic E-state index is 13.0. The third kappa shape index (κ3) is 3.20. The van der Waals surface area contributed by atoms with E-state index in [1.54, 1.807) is 13.2 Å². The van der Waals surface area contributed by atoms with Gasteiger partial charge in [0.2, 0.25) is 0 Å². The van der Waals surface area contributed by atoms with Crippen LogP contribution in [0.1, 0.15) is 0 Å². The molecule has 0 fully saturated rings. The number of ether oxygens (including phenoxy) is 1. The largest absolute Gasteiger partial charge is 0.383 e. The molecule has 1 N–H and O–H groups in total. The van der Waals surface area contributed by atoms with Crippen molar-refractivity contribution in [3.63, 3.8) is 0 Å². The Bertz CT molecular complexity index is 280. The van der Waals surface area contributed by atoms with E-state index in [4.69, 9.17) is 16.3 Å². The second-order valence-electron chi connectivity index (χ2n) is 2.54. The smallest absolute Gasteiger partial charge is 0.146 e. The lowest BCUT2D eigenvalue weighted by atomic mass is 10.3. The Labute approximate surface area is 81.7 Å². The van der Waals surface area contributed by atoms with Crippen LogP contribution in [0.3, 0.4) is 0 Å². The molecule has 0 amide bonds. The van der Waals surface area contributed by atoms with Crippen molar-refractivity contribution >= 4 is 17.3 Å². The number of rotatable bonds is 4. The van der Waals surface area contributed by atoms with Gasteiger partial charge in [-0.3, -0.25) is 0 Å². The van der Waals surface area contributed by atoms with E-state index in [9.17, 15) is 4.39 Å². The summed E-state index contributed by atoms with van der Waals surface area (Å²) in [5.41, 5.74) is 0.407. The Kier molecular flexibility index (Phi) is 3.99. The lowest BCUT2D eigenvalue weighted by Gasteiger charge is -2.06. The Morgan fingerprint density at radius 3 is 3.00 bits per heavy atom. The van der Waals surface area contributed by atoms with Crippen LogP contribution < -0.4 is 5.32 Å². The molecule has 0 saturated heterocycles. The molecule has 0 bridgehead atoms. The summed E-state index contributed by atoms with van der Waals surface area (Å²) in [4.78, 5) is 0. The minimum atomic E-state index is -0.305.